The minimum Gasteiger partial charge on any atom is -0.426 e. The molecular formula is C11H11BCl2N2O4. The van der Waals surface area contributed by atoms with Gasteiger partial charge in [0.2, 0.25) is 6.10 Å². The Morgan fingerprint density at radius 2 is 2.25 bits per heavy atom. The van der Waals surface area contributed by atoms with Gasteiger partial charge in [-0.25, -0.2) is 0 Å². The van der Waals surface area contributed by atoms with Crippen LogP contribution in [-0.2, 0) is 9.63 Å². The molecule has 1 unspecified atom stereocenters. The first-order chi connectivity index (χ1) is 9.47. The van der Waals surface area contributed by atoms with Gasteiger partial charge in [0.25, 0.3) is 5.91 Å². The summed E-state index contributed by atoms with van der Waals surface area (Å²) < 4.78 is 0. The highest BCUT2D eigenvalue weighted by molar-refractivity contribution is 6.41. The van der Waals surface area contributed by atoms with Crippen LogP contribution in [0.15, 0.2) is 23.4 Å². The number of rotatable bonds is 4. The van der Waals surface area contributed by atoms with E-state index >= 15 is 0 Å². The lowest BCUT2D eigenvalue weighted by molar-refractivity contribution is -0.130. The zero-order valence-electron chi connectivity index (χ0n) is 10.2. The molecule has 0 aliphatic carbocycles. The molecule has 1 aliphatic heterocycles. The molecule has 6 nitrogen and oxygen atoms in total. The maximum atomic E-state index is 11.7. The van der Waals surface area contributed by atoms with Crippen molar-refractivity contribution in [1.82, 2.24) is 5.32 Å². The van der Waals surface area contributed by atoms with Crippen LogP contribution in [0.25, 0.3) is 0 Å². The van der Waals surface area contributed by atoms with E-state index in [1.807, 2.05) is 0 Å². The van der Waals surface area contributed by atoms with E-state index in [0.29, 0.717) is 21.3 Å². The summed E-state index contributed by atoms with van der Waals surface area (Å²) >= 11 is 11.9. The predicted molar refractivity (Wildman–Crippen MR) is 75.7 cm³/mol. The van der Waals surface area contributed by atoms with Crippen LogP contribution < -0.4 is 5.32 Å². The lowest BCUT2D eigenvalue weighted by atomic mass is 9.92. The third-order valence-corrected chi connectivity index (χ3v) is 3.22. The molecule has 9 heteroatoms. The number of hydrogen-bond donors (Lipinski definition) is 3. The molecule has 1 aromatic carbocycles. The molecular weight excluding hydrogens is 306 g/mol. The molecule has 3 N–H and O–H groups in total. The number of nitrogens with zero attached hydrogens (tertiary/aromatic N) is 1. The van der Waals surface area contributed by atoms with E-state index in [4.69, 9.17) is 38.1 Å². The molecule has 0 fully saturated rings. The molecule has 0 radical (unpaired) electrons. The summed E-state index contributed by atoms with van der Waals surface area (Å²) in [4.78, 5) is 16.7. The average molecular weight is 317 g/mol. The molecule has 0 saturated heterocycles. The topological polar surface area (TPSA) is 91.2 Å². The number of carbonyl (C=O) groups is 1. The van der Waals surface area contributed by atoms with Gasteiger partial charge in [0, 0.05) is 22.0 Å². The van der Waals surface area contributed by atoms with Gasteiger partial charge >= 0.3 is 7.12 Å². The number of nitrogens with one attached hydrogen (secondary N) is 1. The highest BCUT2D eigenvalue weighted by Crippen LogP contribution is 2.26. The lowest BCUT2D eigenvalue weighted by Gasteiger charge is -2.08. The van der Waals surface area contributed by atoms with Crippen LogP contribution in [0.5, 0.6) is 0 Å². The van der Waals surface area contributed by atoms with Crippen molar-refractivity contribution < 1.29 is 19.7 Å². The van der Waals surface area contributed by atoms with E-state index < -0.39 is 19.1 Å². The zero-order valence-corrected chi connectivity index (χ0v) is 11.7. The minimum atomic E-state index is -1.61. The Morgan fingerprint density at radius 3 is 2.95 bits per heavy atom. The molecule has 1 aromatic rings. The summed E-state index contributed by atoms with van der Waals surface area (Å²) in [6.07, 6.45) is -0.863. The maximum Gasteiger partial charge on any atom is 0.472 e. The van der Waals surface area contributed by atoms with Crippen LogP contribution in [0.3, 0.4) is 0 Å². The van der Waals surface area contributed by atoms with E-state index in [1.54, 1.807) is 18.2 Å². The van der Waals surface area contributed by atoms with E-state index in [1.165, 1.54) is 0 Å². The van der Waals surface area contributed by atoms with E-state index in [0.717, 1.165) is 0 Å². The van der Waals surface area contributed by atoms with Gasteiger partial charge in [-0.2, -0.15) is 0 Å². The van der Waals surface area contributed by atoms with Gasteiger partial charge in [-0.1, -0.05) is 28.4 Å². The molecule has 106 valence electrons. The SMILES string of the molecule is O=C(NCB(O)O)C1CC(c2cc(Cl)ccc2Cl)=NO1. The van der Waals surface area contributed by atoms with Crippen molar-refractivity contribution >= 4 is 41.9 Å². The highest BCUT2D eigenvalue weighted by atomic mass is 35.5. The molecule has 1 aliphatic rings. The van der Waals surface area contributed by atoms with Crippen LogP contribution in [0, 0.1) is 0 Å². The molecule has 2 rings (SSSR count). The van der Waals surface area contributed by atoms with Crippen LogP contribution in [0.2, 0.25) is 10.0 Å². The molecule has 1 amide bonds. The molecule has 0 aromatic heterocycles. The fraction of sp³-hybridized carbons (Fsp3) is 0.273. The Hall–Kier alpha value is -1.28. The third kappa shape index (κ3) is 3.64. The number of carbonyl (C=O) groups excluding carboxylic acids is 1. The summed E-state index contributed by atoms with van der Waals surface area (Å²) in [5.74, 6) is -0.477. The Kier molecular flexibility index (Phi) is 4.88. The predicted octanol–water partition coefficient (Wildman–Crippen LogP) is 0.615. The molecule has 0 bridgehead atoms. The number of oxime groups is 1. The Morgan fingerprint density at radius 1 is 1.50 bits per heavy atom. The van der Waals surface area contributed by atoms with Crippen LogP contribution in [0.4, 0.5) is 0 Å². The second kappa shape index (κ2) is 6.45. The molecule has 0 saturated carbocycles. The number of benzene rings is 1. The van der Waals surface area contributed by atoms with Crippen molar-refractivity contribution in [3.05, 3.63) is 33.8 Å². The number of amides is 1. The Bertz CT molecular complexity index is 553. The first-order valence-corrected chi connectivity index (χ1v) is 6.55. The summed E-state index contributed by atoms with van der Waals surface area (Å²) in [5, 5.41) is 24.5. The van der Waals surface area contributed by atoms with E-state index in [-0.39, 0.29) is 12.9 Å². The van der Waals surface area contributed by atoms with Crippen molar-refractivity contribution in [2.24, 2.45) is 5.16 Å². The van der Waals surface area contributed by atoms with Gasteiger partial charge in [-0.3, -0.25) is 4.79 Å². The van der Waals surface area contributed by atoms with Gasteiger partial charge < -0.3 is 20.2 Å². The summed E-state index contributed by atoms with van der Waals surface area (Å²) in [7, 11) is -1.61. The second-order valence-electron chi connectivity index (χ2n) is 4.19. The van der Waals surface area contributed by atoms with Crippen LogP contribution in [0.1, 0.15) is 12.0 Å². The van der Waals surface area contributed by atoms with Crippen LogP contribution >= 0.6 is 23.2 Å². The van der Waals surface area contributed by atoms with E-state index in [2.05, 4.69) is 10.5 Å². The van der Waals surface area contributed by atoms with Crippen molar-refractivity contribution in [3.8, 4) is 0 Å². The monoisotopic (exact) mass is 316 g/mol. The maximum absolute atomic E-state index is 11.7. The molecule has 1 heterocycles. The lowest BCUT2D eigenvalue weighted by Crippen LogP contribution is -2.41. The Labute approximate surface area is 125 Å². The van der Waals surface area contributed by atoms with Crippen molar-refractivity contribution in [2.75, 3.05) is 6.44 Å². The summed E-state index contributed by atoms with van der Waals surface area (Å²) in [6, 6.07) is 4.93. The molecule has 20 heavy (non-hydrogen) atoms. The van der Waals surface area contributed by atoms with Gasteiger partial charge in [0.1, 0.15) is 0 Å². The highest BCUT2D eigenvalue weighted by Gasteiger charge is 2.30. The number of halogens is 2. The van der Waals surface area contributed by atoms with Crippen molar-refractivity contribution in [3.63, 3.8) is 0 Å². The smallest absolute Gasteiger partial charge is 0.426 e. The molecule has 1 atom stereocenters. The van der Waals surface area contributed by atoms with Crippen molar-refractivity contribution in [2.45, 2.75) is 12.5 Å². The summed E-state index contributed by atoms with van der Waals surface area (Å²) in [5.41, 5.74) is 1.12. The van der Waals surface area contributed by atoms with Gasteiger partial charge in [-0.05, 0) is 18.2 Å². The Balaban J connectivity index is 2.01. The van der Waals surface area contributed by atoms with Crippen LogP contribution in [-0.4, -0.2) is 41.3 Å². The van der Waals surface area contributed by atoms with E-state index in [9.17, 15) is 4.79 Å². The normalized spacial score (nSPS) is 17.4. The fourth-order valence-electron chi connectivity index (χ4n) is 1.70. The zero-order chi connectivity index (χ0) is 14.7. The quantitative estimate of drug-likeness (QED) is 0.710. The number of hydrogen-bond acceptors (Lipinski definition) is 5. The van der Waals surface area contributed by atoms with Gasteiger partial charge in [0.15, 0.2) is 0 Å². The largest absolute Gasteiger partial charge is 0.472 e. The minimum absolute atomic E-state index is 0.230. The fourth-order valence-corrected chi connectivity index (χ4v) is 2.10. The third-order valence-electron chi connectivity index (χ3n) is 2.66. The summed E-state index contributed by atoms with van der Waals surface area (Å²) in [6.45, 7) is 0. The second-order valence-corrected chi connectivity index (χ2v) is 5.03. The first-order valence-electron chi connectivity index (χ1n) is 5.79. The van der Waals surface area contributed by atoms with Gasteiger partial charge in [0.05, 0.1) is 12.2 Å². The van der Waals surface area contributed by atoms with Crippen molar-refractivity contribution in [1.29, 1.82) is 0 Å². The standard InChI is InChI=1S/C11H11BCl2N2O4/c13-6-1-2-8(14)7(3-6)9-4-10(20-16-9)11(17)15-5-12(18)19/h1-3,10,18-19H,4-5H2,(H,15,17). The van der Waals surface area contributed by atoms with Gasteiger partial charge in [-0.15, -0.1) is 0 Å². The average Bonchev–Trinajstić information content (AvgIpc) is 2.88. The first kappa shape index (κ1) is 15.1. The molecule has 0 spiro atoms.